The van der Waals surface area contributed by atoms with Gasteiger partial charge in [-0.15, -0.1) is 0 Å². The van der Waals surface area contributed by atoms with Crippen LogP contribution in [0.2, 0.25) is 5.02 Å². The van der Waals surface area contributed by atoms with Gasteiger partial charge in [-0.1, -0.05) is 23.7 Å². The van der Waals surface area contributed by atoms with Crippen molar-refractivity contribution in [1.29, 1.82) is 0 Å². The molecule has 2 aromatic carbocycles. The molecule has 0 radical (unpaired) electrons. The van der Waals surface area contributed by atoms with Crippen molar-refractivity contribution in [3.05, 3.63) is 58.7 Å². The van der Waals surface area contributed by atoms with Crippen molar-refractivity contribution in [2.24, 2.45) is 0 Å². The Morgan fingerprint density at radius 1 is 1.10 bits per heavy atom. The van der Waals surface area contributed by atoms with Crippen molar-refractivity contribution in [2.45, 2.75) is 49.7 Å². The molecule has 5 rings (SSSR count). The summed E-state index contributed by atoms with van der Waals surface area (Å²) >= 11 is 6.44. The number of halogens is 1. The third kappa shape index (κ3) is 6.96. The SMILES string of the molecule is COc1cc2c(cc1Nc1ncc(Cl)c(Nc3ccccc3S(=O)(=O)N3CCC(O)C3)n1)CCN(CC(C)(C)O)CC2. The zero-order valence-corrected chi connectivity index (χ0v) is 25.5. The number of aromatic nitrogens is 2. The normalized spacial score (nSPS) is 18.4. The van der Waals surface area contributed by atoms with Gasteiger partial charge in [-0.2, -0.15) is 9.29 Å². The van der Waals surface area contributed by atoms with E-state index in [4.69, 9.17) is 16.3 Å². The van der Waals surface area contributed by atoms with Crippen LogP contribution < -0.4 is 15.4 Å². The Bertz CT molecular complexity index is 1550. The summed E-state index contributed by atoms with van der Waals surface area (Å²) in [5, 5.41) is 26.7. The van der Waals surface area contributed by atoms with E-state index in [-0.39, 0.29) is 34.8 Å². The van der Waals surface area contributed by atoms with E-state index in [0.717, 1.165) is 25.9 Å². The Morgan fingerprint density at radius 3 is 2.48 bits per heavy atom. The molecule has 0 aliphatic carbocycles. The molecule has 42 heavy (non-hydrogen) atoms. The van der Waals surface area contributed by atoms with E-state index in [1.807, 2.05) is 26.0 Å². The highest BCUT2D eigenvalue weighted by Crippen LogP contribution is 2.34. The Balaban J connectivity index is 1.38. The van der Waals surface area contributed by atoms with Crippen molar-refractivity contribution >= 4 is 44.8 Å². The third-order valence-electron chi connectivity index (χ3n) is 7.40. The van der Waals surface area contributed by atoms with Crippen molar-refractivity contribution in [2.75, 3.05) is 50.5 Å². The highest BCUT2D eigenvalue weighted by molar-refractivity contribution is 7.89. The Labute approximate surface area is 251 Å². The van der Waals surface area contributed by atoms with Crippen LogP contribution in [0, 0.1) is 0 Å². The van der Waals surface area contributed by atoms with Gasteiger partial charge >= 0.3 is 0 Å². The molecule has 1 atom stereocenters. The first-order valence-electron chi connectivity index (χ1n) is 13.9. The highest BCUT2D eigenvalue weighted by atomic mass is 35.5. The second-order valence-electron chi connectivity index (χ2n) is 11.4. The Morgan fingerprint density at radius 2 is 1.81 bits per heavy atom. The number of benzene rings is 2. The number of rotatable bonds is 9. The molecule has 0 bridgehead atoms. The number of fused-ring (bicyclic) bond motifs is 1. The maximum atomic E-state index is 13.4. The molecule has 1 unspecified atom stereocenters. The van der Waals surface area contributed by atoms with Gasteiger partial charge in [0, 0.05) is 32.7 Å². The van der Waals surface area contributed by atoms with E-state index in [0.29, 0.717) is 30.1 Å². The quantitative estimate of drug-likeness (QED) is 0.282. The van der Waals surface area contributed by atoms with Gasteiger partial charge in [0.15, 0.2) is 5.82 Å². The molecule has 226 valence electrons. The molecular formula is C29H37ClN6O5S. The summed E-state index contributed by atoms with van der Waals surface area (Å²) in [6, 6.07) is 10.6. The van der Waals surface area contributed by atoms with Crippen molar-refractivity contribution in [1.82, 2.24) is 19.2 Å². The number of ether oxygens (including phenoxy) is 1. The first-order valence-corrected chi connectivity index (χ1v) is 15.7. The second-order valence-corrected chi connectivity index (χ2v) is 13.7. The minimum Gasteiger partial charge on any atom is -0.495 e. The predicted octanol–water partition coefficient (Wildman–Crippen LogP) is 3.55. The number of β-amino-alcohol motifs (C(OH)–C–C–N with tert-alkyl or cyclic N) is 2. The van der Waals surface area contributed by atoms with Crippen LogP contribution in [0.3, 0.4) is 0 Å². The molecule has 1 saturated heterocycles. The number of nitrogens with one attached hydrogen (secondary N) is 2. The number of anilines is 4. The maximum Gasteiger partial charge on any atom is 0.245 e. The molecule has 3 heterocycles. The number of hydrogen-bond donors (Lipinski definition) is 4. The van der Waals surface area contributed by atoms with Crippen LogP contribution in [0.4, 0.5) is 23.1 Å². The van der Waals surface area contributed by atoms with E-state index < -0.39 is 21.7 Å². The number of aliphatic hydroxyl groups is 2. The number of methoxy groups -OCH3 is 1. The molecule has 0 saturated carbocycles. The first kappa shape index (κ1) is 30.5. The fraction of sp³-hybridized carbons (Fsp3) is 0.448. The van der Waals surface area contributed by atoms with Gasteiger partial charge in [0.05, 0.1) is 36.4 Å². The molecule has 4 N–H and O–H groups in total. The fourth-order valence-electron chi connectivity index (χ4n) is 5.40. The van der Waals surface area contributed by atoms with Gasteiger partial charge in [-0.25, -0.2) is 13.4 Å². The molecule has 13 heteroatoms. The van der Waals surface area contributed by atoms with Gasteiger partial charge in [-0.3, -0.25) is 4.90 Å². The van der Waals surface area contributed by atoms with Crippen LogP contribution in [0.15, 0.2) is 47.5 Å². The minimum atomic E-state index is -3.85. The van der Waals surface area contributed by atoms with E-state index in [2.05, 4.69) is 25.5 Å². The highest BCUT2D eigenvalue weighted by Gasteiger charge is 2.33. The number of hydrogen-bond acceptors (Lipinski definition) is 10. The lowest BCUT2D eigenvalue weighted by atomic mass is 10.0. The zero-order valence-electron chi connectivity index (χ0n) is 24.0. The molecule has 1 aromatic heterocycles. The molecule has 0 spiro atoms. The van der Waals surface area contributed by atoms with E-state index in [9.17, 15) is 18.6 Å². The second kappa shape index (κ2) is 12.3. The van der Waals surface area contributed by atoms with Gasteiger partial charge in [0.1, 0.15) is 15.7 Å². The molecular weight excluding hydrogens is 580 g/mol. The number of nitrogens with zero attached hydrogens (tertiary/aromatic N) is 4. The lowest BCUT2D eigenvalue weighted by Crippen LogP contribution is -2.39. The molecule has 11 nitrogen and oxygen atoms in total. The zero-order chi connectivity index (χ0) is 30.1. The van der Waals surface area contributed by atoms with Crippen molar-refractivity contribution in [3.63, 3.8) is 0 Å². The summed E-state index contributed by atoms with van der Waals surface area (Å²) in [5.41, 5.74) is 2.60. The largest absolute Gasteiger partial charge is 0.495 e. The molecule has 3 aromatic rings. The van der Waals surface area contributed by atoms with Crippen LogP contribution >= 0.6 is 11.6 Å². The average Bonchev–Trinajstić information content (AvgIpc) is 3.30. The number of aliphatic hydroxyl groups excluding tert-OH is 1. The van der Waals surface area contributed by atoms with E-state index in [1.165, 1.54) is 27.7 Å². The van der Waals surface area contributed by atoms with Crippen molar-refractivity contribution < 1.29 is 23.4 Å². The maximum absolute atomic E-state index is 13.4. The summed E-state index contributed by atoms with van der Waals surface area (Å²) in [5.74, 6) is 1.12. The smallest absolute Gasteiger partial charge is 0.245 e. The monoisotopic (exact) mass is 616 g/mol. The summed E-state index contributed by atoms with van der Waals surface area (Å²) in [6.45, 7) is 6.22. The first-order chi connectivity index (χ1) is 19.9. The molecule has 2 aliphatic rings. The predicted molar refractivity (Wildman–Crippen MR) is 163 cm³/mol. The van der Waals surface area contributed by atoms with Crippen LogP contribution in [0.25, 0.3) is 0 Å². The minimum absolute atomic E-state index is 0.0546. The van der Waals surface area contributed by atoms with Crippen LogP contribution in [0.1, 0.15) is 31.4 Å². The van der Waals surface area contributed by atoms with Crippen LogP contribution in [-0.2, 0) is 22.9 Å². The lowest BCUT2D eigenvalue weighted by Gasteiger charge is -2.27. The summed E-state index contributed by atoms with van der Waals surface area (Å²) in [4.78, 5) is 11.2. The van der Waals surface area contributed by atoms with Gasteiger partial charge < -0.3 is 25.6 Å². The fourth-order valence-corrected chi connectivity index (χ4v) is 7.18. The van der Waals surface area contributed by atoms with E-state index >= 15 is 0 Å². The van der Waals surface area contributed by atoms with Gasteiger partial charge in [-0.05, 0) is 68.5 Å². The Hall–Kier alpha value is -3.00. The molecule has 2 aliphatic heterocycles. The molecule has 1 fully saturated rings. The lowest BCUT2D eigenvalue weighted by molar-refractivity contribution is 0.0376. The van der Waals surface area contributed by atoms with Gasteiger partial charge in [0.2, 0.25) is 16.0 Å². The topological polar surface area (TPSA) is 140 Å². The third-order valence-corrected chi connectivity index (χ3v) is 9.60. The molecule has 0 amide bonds. The van der Waals surface area contributed by atoms with Crippen LogP contribution in [0.5, 0.6) is 5.75 Å². The van der Waals surface area contributed by atoms with Gasteiger partial charge in [0.25, 0.3) is 0 Å². The average molecular weight is 617 g/mol. The summed E-state index contributed by atoms with van der Waals surface area (Å²) < 4.78 is 33.7. The Kier molecular flexibility index (Phi) is 8.93. The summed E-state index contributed by atoms with van der Waals surface area (Å²) in [6.07, 6.45) is 2.82. The number of para-hydroxylation sites is 1. The number of sulfonamides is 1. The standard InChI is InChI=1S/C29H37ClN6O5S/c1-29(2,38)18-35-11-8-19-14-24(25(41-3)15-20(19)9-12-35)33-28-31-16-22(30)27(34-28)32-23-6-4-5-7-26(23)42(39,40)36-13-10-21(37)17-36/h4-7,14-16,21,37-38H,8-13,17-18H2,1-3H3,(H2,31,32,33,34). The van der Waals surface area contributed by atoms with Crippen LogP contribution in [-0.4, -0.2) is 89.3 Å². The van der Waals surface area contributed by atoms with E-state index in [1.54, 1.807) is 25.3 Å². The summed E-state index contributed by atoms with van der Waals surface area (Å²) in [7, 11) is -2.25. The van der Waals surface area contributed by atoms with Crippen molar-refractivity contribution in [3.8, 4) is 5.75 Å².